The maximum Gasteiger partial charge on any atom is 0.0909 e. The van der Waals surface area contributed by atoms with Gasteiger partial charge in [0.05, 0.1) is 6.10 Å². The Kier molecular flexibility index (Phi) is 5.38. The van der Waals surface area contributed by atoms with Gasteiger partial charge in [0.1, 0.15) is 0 Å². The lowest BCUT2D eigenvalue weighted by molar-refractivity contribution is 0.273. The molecule has 2 rings (SSSR count). The molecule has 1 N–H and O–H groups in total. The molecular formula is C21H16O. The van der Waals surface area contributed by atoms with Crippen LogP contribution in [0.4, 0.5) is 0 Å². The lowest BCUT2D eigenvalue weighted by Crippen LogP contribution is -1.96. The third-order valence-corrected chi connectivity index (χ3v) is 3.18. The molecule has 0 atom stereocenters. The Hall–Kier alpha value is -3.00. The average molecular weight is 284 g/mol. The van der Waals surface area contributed by atoms with Crippen LogP contribution in [0, 0.1) is 24.7 Å². The van der Waals surface area contributed by atoms with Gasteiger partial charge in [0, 0.05) is 11.1 Å². The molecule has 0 aliphatic rings. The van der Waals surface area contributed by atoms with Gasteiger partial charge in [-0.15, -0.1) is 12.8 Å². The van der Waals surface area contributed by atoms with E-state index in [0.29, 0.717) is 0 Å². The van der Waals surface area contributed by atoms with Crippen molar-refractivity contribution >= 4 is 12.2 Å². The van der Waals surface area contributed by atoms with Crippen LogP contribution in [0.1, 0.15) is 22.3 Å². The fourth-order valence-electron chi connectivity index (χ4n) is 2.02. The van der Waals surface area contributed by atoms with Crippen LogP contribution in [0.25, 0.3) is 12.2 Å². The number of benzene rings is 2. The number of hydrogen-bond acceptors (Lipinski definition) is 1. The summed E-state index contributed by atoms with van der Waals surface area (Å²) in [6.07, 6.45) is 17.2. The molecule has 22 heavy (non-hydrogen) atoms. The highest BCUT2D eigenvalue weighted by atomic mass is 16.3. The Morgan fingerprint density at radius 3 is 1.59 bits per heavy atom. The van der Waals surface area contributed by atoms with Gasteiger partial charge in [-0.3, -0.25) is 0 Å². The molecule has 0 fully saturated rings. The van der Waals surface area contributed by atoms with E-state index in [2.05, 4.69) is 11.8 Å². The summed E-state index contributed by atoms with van der Waals surface area (Å²) < 4.78 is 0. The van der Waals surface area contributed by atoms with E-state index in [0.717, 1.165) is 22.3 Å². The Morgan fingerprint density at radius 2 is 1.18 bits per heavy atom. The summed E-state index contributed by atoms with van der Waals surface area (Å²) in [5, 5.41) is 10.0. The highest BCUT2D eigenvalue weighted by Crippen LogP contribution is 2.12. The van der Waals surface area contributed by atoms with Crippen molar-refractivity contribution in [3.8, 4) is 24.7 Å². The molecule has 0 amide bonds. The monoisotopic (exact) mass is 284 g/mol. The van der Waals surface area contributed by atoms with Gasteiger partial charge in [0.25, 0.3) is 0 Å². The lowest BCUT2D eigenvalue weighted by atomic mass is 10.1. The molecule has 0 saturated heterocycles. The molecule has 0 aliphatic carbocycles. The molecule has 2 aromatic rings. The SMILES string of the molecule is C#Cc1ccccc1C=CC(O)C=Cc1ccccc1C#C. The Morgan fingerprint density at radius 1 is 0.773 bits per heavy atom. The smallest absolute Gasteiger partial charge is 0.0909 e. The van der Waals surface area contributed by atoms with Gasteiger partial charge in [-0.25, -0.2) is 0 Å². The lowest BCUT2D eigenvalue weighted by Gasteiger charge is -2.02. The van der Waals surface area contributed by atoms with E-state index in [1.54, 1.807) is 12.2 Å². The predicted molar refractivity (Wildman–Crippen MR) is 92.8 cm³/mol. The first-order valence-corrected chi connectivity index (χ1v) is 6.90. The largest absolute Gasteiger partial charge is 0.385 e. The van der Waals surface area contributed by atoms with Gasteiger partial charge in [-0.2, -0.15) is 0 Å². The third-order valence-electron chi connectivity index (χ3n) is 3.18. The van der Waals surface area contributed by atoms with Crippen molar-refractivity contribution in [1.29, 1.82) is 0 Å². The Bertz CT molecular complexity index is 715. The minimum Gasteiger partial charge on any atom is -0.385 e. The molecule has 1 nitrogen and oxygen atoms in total. The first kappa shape index (κ1) is 15.4. The van der Waals surface area contributed by atoms with Gasteiger partial charge in [-0.1, -0.05) is 72.5 Å². The minimum atomic E-state index is -0.711. The molecule has 0 unspecified atom stereocenters. The van der Waals surface area contributed by atoms with Crippen molar-refractivity contribution in [1.82, 2.24) is 0 Å². The molecule has 2 aromatic carbocycles. The van der Waals surface area contributed by atoms with Gasteiger partial charge >= 0.3 is 0 Å². The topological polar surface area (TPSA) is 20.2 Å². The fourth-order valence-corrected chi connectivity index (χ4v) is 2.02. The molecular weight excluding hydrogens is 268 g/mol. The van der Waals surface area contributed by atoms with Crippen LogP contribution in [0.15, 0.2) is 60.7 Å². The molecule has 106 valence electrons. The van der Waals surface area contributed by atoms with E-state index >= 15 is 0 Å². The summed E-state index contributed by atoms with van der Waals surface area (Å²) in [5.41, 5.74) is 3.41. The summed E-state index contributed by atoms with van der Waals surface area (Å²) in [4.78, 5) is 0. The van der Waals surface area contributed by atoms with Crippen molar-refractivity contribution in [2.75, 3.05) is 0 Å². The van der Waals surface area contributed by atoms with Crippen LogP contribution < -0.4 is 0 Å². The van der Waals surface area contributed by atoms with E-state index < -0.39 is 6.10 Å². The summed E-state index contributed by atoms with van der Waals surface area (Å²) in [7, 11) is 0. The van der Waals surface area contributed by atoms with E-state index in [4.69, 9.17) is 12.8 Å². The van der Waals surface area contributed by atoms with Crippen LogP contribution in [-0.2, 0) is 0 Å². The summed E-state index contributed by atoms with van der Waals surface area (Å²) >= 11 is 0. The molecule has 0 bridgehead atoms. The van der Waals surface area contributed by atoms with E-state index in [-0.39, 0.29) is 0 Å². The van der Waals surface area contributed by atoms with E-state index in [9.17, 15) is 5.11 Å². The van der Waals surface area contributed by atoms with Crippen molar-refractivity contribution in [3.63, 3.8) is 0 Å². The van der Waals surface area contributed by atoms with Crippen LogP contribution >= 0.6 is 0 Å². The first-order valence-electron chi connectivity index (χ1n) is 6.90. The first-order chi connectivity index (χ1) is 10.7. The van der Waals surface area contributed by atoms with Crippen molar-refractivity contribution in [2.24, 2.45) is 0 Å². The van der Waals surface area contributed by atoms with E-state index in [1.165, 1.54) is 0 Å². The normalized spacial score (nSPS) is 12.1. The highest BCUT2D eigenvalue weighted by Gasteiger charge is 1.98. The predicted octanol–water partition coefficient (Wildman–Crippen LogP) is 3.74. The Labute approximate surface area is 131 Å². The zero-order chi connectivity index (χ0) is 15.8. The second kappa shape index (κ2) is 7.70. The summed E-state index contributed by atoms with van der Waals surface area (Å²) in [6.45, 7) is 0. The second-order valence-corrected chi connectivity index (χ2v) is 4.67. The molecule has 0 aliphatic heterocycles. The quantitative estimate of drug-likeness (QED) is 0.848. The maximum absolute atomic E-state index is 10.0. The number of terminal acetylenes is 2. The maximum atomic E-state index is 10.0. The number of rotatable bonds is 4. The van der Waals surface area contributed by atoms with Gasteiger partial charge in [0.15, 0.2) is 0 Å². The average Bonchev–Trinajstić information content (AvgIpc) is 2.58. The van der Waals surface area contributed by atoms with Crippen molar-refractivity contribution in [3.05, 3.63) is 82.9 Å². The zero-order valence-electron chi connectivity index (χ0n) is 12.1. The molecule has 0 saturated carbocycles. The minimum absolute atomic E-state index is 0.711. The molecule has 0 spiro atoms. The molecule has 0 heterocycles. The third kappa shape index (κ3) is 4.00. The fraction of sp³-hybridized carbons (Fsp3) is 0.0476. The van der Waals surface area contributed by atoms with Crippen LogP contribution in [-0.4, -0.2) is 11.2 Å². The van der Waals surface area contributed by atoms with Crippen molar-refractivity contribution < 1.29 is 5.11 Å². The van der Waals surface area contributed by atoms with Gasteiger partial charge in [-0.05, 0) is 23.3 Å². The molecule has 0 aromatic heterocycles. The zero-order valence-corrected chi connectivity index (χ0v) is 12.1. The van der Waals surface area contributed by atoms with Crippen LogP contribution in [0.3, 0.4) is 0 Å². The number of hydrogen-bond donors (Lipinski definition) is 1. The second-order valence-electron chi connectivity index (χ2n) is 4.67. The van der Waals surface area contributed by atoms with Crippen LogP contribution in [0.2, 0.25) is 0 Å². The summed E-state index contributed by atoms with van der Waals surface area (Å²) in [5.74, 6) is 5.24. The van der Waals surface area contributed by atoms with E-state index in [1.807, 2.05) is 60.7 Å². The highest BCUT2D eigenvalue weighted by molar-refractivity contribution is 5.61. The van der Waals surface area contributed by atoms with Gasteiger partial charge < -0.3 is 5.11 Å². The standard InChI is InChI=1S/C21H16O/c1-3-17-9-5-7-11-19(17)13-15-21(22)16-14-20-12-8-6-10-18(20)4-2/h1-2,5-16,21-22H. The molecule has 0 radical (unpaired) electrons. The van der Waals surface area contributed by atoms with Gasteiger partial charge in [0.2, 0.25) is 0 Å². The number of aliphatic hydroxyl groups is 1. The number of aliphatic hydroxyl groups excluding tert-OH is 1. The van der Waals surface area contributed by atoms with Crippen molar-refractivity contribution in [2.45, 2.75) is 6.10 Å². The molecule has 1 heteroatoms. The van der Waals surface area contributed by atoms with Crippen LogP contribution in [0.5, 0.6) is 0 Å². The Balaban J connectivity index is 2.12. The summed E-state index contributed by atoms with van der Waals surface area (Å²) in [6, 6.07) is 15.2.